The van der Waals surface area contributed by atoms with E-state index in [2.05, 4.69) is 46.1 Å². The van der Waals surface area contributed by atoms with E-state index in [-0.39, 0.29) is 5.78 Å². The van der Waals surface area contributed by atoms with Crippen LogP contribution in [0, 0.1) is 0 Å². The molecule has 0 amide bonds. The van der Waals surface area contributed by atoms with Gasteiger partial charge in [0.05, 0.1) is 6.20 Å². The number of carbonyl (C=O) groups excluding carboxylic acids is 1. The van der Waals surface area contributed by atoms with Crippen LogP contribution in [0.5, 0.6) is 0 Å². The van der Waals surface area contributed by atoms with E-state index in [1.54, 1.807) is 0 Å². The number of rotatable bonds is 5. The smallest absolute Gasteiger partial charge is 0.274 e. The van der Waals surface area contributed by atoms with Crippen molar-refractivity contribution >= 4 is 22.5 Å². The van der Waals surface area contributed by atoms with E-state index in [4.69, 9.17) is 0 Å². The van der Waals surface area contributed by atoms with Gasteiger partial charge in [-0.1, -0.05) is 31.2 Å². The molecular weight excluding hydrogens is 324 g/mol. The number of benzene rings is 1. The third kappa shape index (κ3) is 3.22. The fourth-order valence-electron chi connectivity index (χ4n) is 3.89. The van der Waals surface area contributed by atoms with Gasteiger partial charge in [0, 0.05) is 28.7 Å². The molecule has 1 saturated heterocycles. The van der Waals surface area contributed by atoms with Crippen molar-refractivity contribution in [3.8, 4) is 0 Å². The number of anilines is 1. The Labute approximate surface area is 153 Å². The molecule has 3 heterocycles. The summed E-state index contributed by atoms with van der Waals surface area (Å²) in [6.45, 7) is 6.61. The van der Waals surface area contributed by atoms with Crippen molar-refractivity contribution in [3.05, 3.63) is 59.9 Å². The zero-order valence-corrected chi connectivity index (χ0v) is 15.2. The molecule has 2 aromatic heterocycles. The van der Waals surface area contributed by atoms with Crippen LogP contribution in [0.3, 0.4) is 0 Å². The zero-order chi connectivity index (χ0) is 17.9. The molecule has 26 heavy (non-hydrogen) atoms. The molecule has 0 saturated carbocycles. The third-order valence-electron chi connectivity index (χ3n) is 5.40. The average Bonchev–Trinajstić information content (AvgIpc) is 3.13. The standard InChI is InChI=1S/C21H24N4O/c1-2-16-6-5-7-17-18(14-23-21(16)17)19(26)15-24-10-12-25(13-11-24)20-8-3-4-9-22-20/h3-9,14,23H,2,10-13,15H2,1H3/p+2. The van der Waals surface area contributed by atoms with Crippen molar-refractivity contribution in [1.29, 1.82) is 0 Å². The number of hydrogen-bond acceptors (Lipinski definition) is 2. The van der Waals surface area contributed by atoms with Crippen LogP contribution in [-0.2, 0) is 6.42 Å². The summed E-state index contributed by atoms with van der Waals surface area (Å²) in [7, 11) is 0. The largest absolute Gasteiger partial charge is 0.360 e. The van der Waals surface area contributed by atoms with Crippen molar-refractivity contribution in [2.45, 2.75) is 13.3 Å². The van der Waals surface area contributed by atoms with Crippen LogP contribution < -0.4 is 14.8 Å². The minimum atomic E-state index is 0.235. The van der Waals surface area contributed by atoms with Gasteiger partial charge >= 0.3 is 0 Å². The number of hydrogen-bond donors (Lipinski definition) is 2. The summed E-state index contributed by atoms with van der Waals surface area (Å²) >= 11 is 0. The highest BCUT2D eigenvalue weighted by Gasteiger charge is 2.28. The molecule has 0 aliphatic carbocycles. The summed E-state index contributed by atoms with van der Waals surface area (Å²) in [6.07, 6.45) is 4.82. The van der Waals surface area contributed by atoms with E-state index in [1.807, 2.05) is 24.5 Å². The lowest BCUT2D eigenvalue weighted by Gasteiger charge is -2.27. The van der Waals surface area contributed by atoms with Gasteiger partial charge in [-0.15, -0.1) is 0 Å². The first-order valence-corrected chi connectivity index (χ1v) is 9.43. The molecule has 3 aromatic rings. The molecule has 0 spiro atoms. The molecule has 3 N–H and O–H groups in total. The lowest BCUT2D eigenvalue weighted by molar-refractivity contribution is -0.892. The number of pyridine rings is 1. The summed E-state index contributed by atoms with van der Waals surface area (Å²) in [5, 5.41) is 1.06. The lowest BCUT2D eigenvalue weighted by Crippen LogP contribution is -3.15. The molecule has 0 bridgehead atoms. The number of piperazine rings is 1. The number of aromatic nitrogens is 2. The Hall–Kier alpha value is -2.66. The molecule has 5 heteroatoms. The van der Waals surface area contributed by atoms with Crippen molar-refractivity contribution in [2.75, 3.05) is 37.6 Å². The number of nitrogens with one attached hydrogen (secondary N) is 3. The maximum Gasteiger partial charge on any atom is 0.274 e. The van der Waals surface area contributed by atoms with Crippen LogP contribution in [0.25, 0.3) is 10.9 Å². The number of H-pyrrole nitrogens is 2. The van der Waals surface area contributed by atoms with Crippen LogP contribution >= 0.6 is 0 Å². The van der Waals surface area contributed by atoms with E-state index in [0.717, 1.165) is 54.9 Å². The van der Waals surface area contributed by atoms with Crippen LogP contribution in [0.1, 0.15) is 22.8 Å². The van der Waals surface area contributed by atoms with E-state index < -0.39 is 0 Å². The number of quaternary nitrogens is 1. The fourth-order valence-corrected chi connectivity index (χ4v) is 3.89. The summed E-state index contributed by atoms with van der Waals surface area (Å²) in [5.41, 5.74) is 3.21. The van der Waals surface area contributed by atoms with Crippen LogP contribution in [-0.4, -0.2) is 43.5 Å². The van der Waals surface area contributed by atoms with Gasteiger partial charge in [0.25, 0.3) is 5.82 Å². The first kappa shape index (κ1) is 16.8. The predicted octanol–water partition coefficient (Wildman–Crippen LogP) is 1.13. The van der Waals surface area contributed by atoms with Gasteiger partial charge in [0.2, 0.25) is 5.78 Å². The van der Waals surface area contributed by atoms with E-state index in [0.29, 0.717) is 6.54 Å². The third-order valence-corrected chi connectivity index (χ3v) is 5.40. The predicted molar refractivity (Wildman–Crippen MR) is 103 cm³/mol. The monoisotopic (exact) mass is 350 g/mol. The Morgan fingerprint density at radius 3 is 2.77 bits per heavy atom. The summed E-state index contributed by atoms with van der Waals surface area (Å²) in [6, 6.07) is 12.4. The number of carbonyl (C=O) groups is 1. The lowest BCUT2D eigenvalue weighted by atomic mass is 10.0. The first-order valence-electron chi connectivity index (χ1n) is 9.43. The fraction of sp³-hybridized carbons (Fsp3) is 0.333. The van der Waals surface area contributed by atoms with Crippen molar-refractivity contribution in [3.63, 3.8) is 0 Å². The second kappa shape index (κ2) is 7.30. The van der Waals surface area contributed by atoms with E-state index >= 15 is 0 Å². The van der Waals surface area contributed by atoms with Crippen molar-refractivity contribution in [2.24, 2.45) is 0 Å². The Balaban J connectivity index is 1.42. The van der Waals surface area contributed by atoms with E-state index in [9.17, 15) is 4.79 Å². The van der Waals surface area contributed by atoms with Crippen molar-refractivity contribution in [1.82, 2.24) is 4.98 Å². The van der Waals surface area contributed by atoms with Gasteiger partial charge < -0.3 is 9.88 Å². The molecule has 0 unspecified atom stereocenters. The zero-order valence-electron chi connectivity index (χ0n) is 15.2. The van der Waals surface area contributed by atoms with Gasteiger partial charge in [0.15, 0.2) is 0 Å². The summed E-state index contributed by atoms with van der Waals surface area (Å²) in [4.78, 5) is 23.2. The Kier molecular flexibility index (Phi) is 4.71. The van der Waals surface area contributed by atoms with Crippen LogP contribution in [0.4, 0.5) is 5.82 Å². The number of aryl methyl sites for hydroxylation is 1. The maximum atomic E-state index is 12.9. The molecule has 1 fully saturated rings. The van der Waals surface area contributed by atoms with Gasteiger partial charge in [-0.25, -0.2) is 4.98 Å². The average molecular weight is 350 g/mol. The summed E-state index contributed by atoms with van der Waals surface area (Å²) in [5.74, 6) is 1.39. The second-order valence-electron chi connectivity index (χ2n) is 6.98. The molecular formula is C21H26N4O+2. The first-order chi connectivity index (χ1) is 12.8. The van der Waals surface area contributed by atoms with Gasteiger partial charge in [-0.2, -0.15) is 0 Å². The number of ketones is 1. The summed E-state index contributed by atoms with van der Waals surface area (Å²) < 4.78 is 0. The highest BCUT2D eigenvalue weighted by atomic mass is 16.1. The molecule has 1 aliphatic heterocycles. The quantitative estimate of drug-likeness (QED) is 0.678. The minimum Gasteiger partial charge on any atom is -0.360 e. The highest BCUT2D eigenvalue weighted by molar-refractivity contribution is 6.08. The van der Waals surface area contributed by atoms with Crippen LogP contribution in [0.15, 0.2) is 48.8 Å². The normalized spacial score (nSPS) is 15.5. The molecule has 5 nitrogen and oxygen atoms in total. The van der Waals surface area contributed by atoms with Crippen LogP contribution in [0.2, 0.25) is 0 Å². The number of fused-ring (bicyclic) bond motifs is 1. The van der Waals surface area contributed by atoms with Gasteiger partial charge in [-0.05, 0) is 18.1 Å². The topological polar surface area (TPSA) is 54.7 Å². The minimum absolute atomic E-state index is 0.235. The Bertz CT molecular complexity index is 895. The Morgan fingerprint density at radius 1 is 1.19 bits per heavy atom. The molecule has 134 valence electrons. The molecule has 0 radical (unpaired) electrons. The van der Waals surface area contributed by atoms with Gasteiger partial charge in [0.1, 0.15) is 32.7 Å². The SMILES string of the molecule is CCc1cccc2c(C(=O)C[NH+]3CCN(c4cccc[nH+]4)CC3)c[nH]c12. The molecule has 1 aromatic carbocycles. The second-order valence-corrected chi connectivity index (χ2v) is 6.98. The van der Waals surface area contributed by atoms with Gasteiger partial charge in [-0.3, -0.25) is 9.69 Å². The molecule has 1 aliphatic rings. The van der Waals surface area contributed by atoms with E-state index in [1.165, 1.54) is 10.5 Å². The Morgan fingerprint density at radius 2 is 2.04 bits per heavy atom. The number of para-hydroxylation sites is 1. The maximum absolute atomic E-state index is 12.9. The van der Waals surface area contributed by atoms with Crippen molar-refractivity contribution < 1.29 is 14.7 Å². The number of nitrogens with zero attached hydrogens (tertiary/aromatic N) is 1. The number of aromatic amines is 2. The highest BCUT2D eigenvalue weighted by Crippen LogP contribution is 2.22. The molecule has 4 rings (SSSR count). The number of Topliss-reactive ketones (excluding diaryl/α,β-unsaturated/α-hetero) is 1. The molecule has 0 atom stereocenters.